The Balaban J connectivity index is 3.04. The van der Waals surface area contributed by atoms with Crippen LogP contribution in [0.25, 0.3) is 0 Å². The van der Waals surface area contributed by atoms with E-state index in [1.165, 1.54) is 6.20 Å². The minimum atomic E-state index is -0.620. The van der Waals surface area contributed by atoms with Crippen LogP contribution in [0.5, 0.6) is 0 Å². The molecular weight excluding hydrogens is 168 g/mol. The lowest BCUT2D eigenvalue weighted by Gasteiger charge is -2.14. The van der Waals surface area contributed by atoms with Gasteiger partial charge in [-0.15, -0.1) is 0 Å². The fraction of sp³-hybridized carbons (Fsp3) is 0.444. The number of aryl methyl sites for hydroxylation is 1. The zero-order chi connectivity index (χ0) is 10.0. The van der Waals surface area contributed by atoms with E-state index in [4.69, 9.17) is 5.73 Å². The molecule has 1 aromatic rings. The molecule has 0 unspecified atom stereocenters. The first kappa shape index (κ1) is 9.95. The van der Waals surface area contributed by atoms with Crippen LogP contribution in [0.4, 0.5) is 0 Å². The summed E-state index contributed by atoms with van der Waals surface area (Å²) < 4.78 is 0. The molecule has 0 bridgehead atoms. The van der Waals surface area contributed by atoms with E-state index in [1.807, 2.05) is 0 Å². The SMILES string of the molecule is Cc1cc([C@H](N)[C@H](C)O)c[nH]c1=O. The second kappa shape index (κ2) is 3.72. The normalized spacial score (nSPS) is 15.4. The summed E-state index contributed by atoms with van der Waals surface area (Å²) in [6.07, 6.45) is 0.914. The highest BCUT2D eigenvalue weighted by molar-refractivity contribution is 5.20. The first-order valence-electron chi connectivity index (χ1n) is 4.15. The summed E-state index contributed by atoms with van der Waals surface area (Å²) >= 11 is 0. The summed E-state index contributed by atoms with van der Waals surface area (Å²) in [4.78, 5) is 13.6. The number of rotatable bonds is 2. The molecule has 4 nitrogen and oxygen atoms in total. The van der Waals surface area contributed by atoms with Crippen molar-refractivity contribution in [2.45, 2.75) is 26.0 Å². The smallest absolute Gasteiger partial charge is 0.250 e. The van der Waals surface area contributed by atoms with Gasteiger partial charge < -0.3 is 15.8 Å². The van der Waals surface area contributed by atoms with E-state index in [-0.39, 0.29) is 5.56 Å². The molecule has 4 N–H and O–H groups in total. The molecule has 0 radical (unpaired) electrons. The van der Waals surface area contributed by atoms with Crippen LogP contribution in [-0.2, 0) is 0 Å². The van der Waals surface area contributed by atoms with Gasteiger partial charge in [0.05, 0.1) is 12.1 Å². The van der Waals surface area contributed by atoms with E-state index in [0.29, 0.717) is 5.56 Å². The predicted octanol–water partition coefficient (Wildman–Crippen LogP) is 0.0639. The Morgan fingerprint density at radius 1 is 1.62 bits per heavy atom. The molecule has 4 heteroatoms. The van der Waals surface area contributed by atoms with Crippen LogP contribution in [0.3, 0.4) is 0 Å². The van der Waals surface area contributed by atoms with Crippen molar-refractivity contribution in [3.8, 4) is 0 Å². The van der Waals surface area contributed by atoms with Crippen LogP contribution < -0.4 is 11.3 Å². The summed E-state index contributed by atoms with van der Waals surface area (Å²) in [5.41, 5.74) is 6.91. The quantitative estimate of drug-likeness (QED) is 0.605. The molecule has 1 rings (SSSR count). The third kappa shape index (κ3) is 2.17. The van der Waals surface area contributed by atoms with Crippen molar-refractivity contribution < 1.29 is 5.11 Å². The lowest BCUT2D eigenvalue weighted by molar-refractivity contribution is 0.164. The van der Waals surface area contributed by atoms with Gasteiger partial charge in [-0.2, -0.15) is 0 Å². The largest absolute Gasteiger partial charge is 0.391 e. The number of pyridine rings is 1. The van der Waals surface area contributed by atoms with Gasteiger partial charge >= 0.3 is 0 Å². The summed E-state index contributed by atoms with van der Waals surface area (Å²) in [5, 5.41) is 9.22. The van der Waals surface area contributed by atoms with Crippen LogP contribution in [0.2, 0.25) is 0 Å². The third-order valence-corrected chi connectivity index (χ3v) is 2.02. The van der Waals surface area contributed by atoms with Crippen LogP contribution in [0.15, 0.2) is 17.1 Å². The zero-order valence-electron chi connectivity index (χ0n) is 7.74. The predicted molar refractivity (Wildman–Crippen MR) is 50.4 cm³/mol. The van der Waals surface area contributed by atoms with E-state index < -0.39 is 12.1 Å². The maximum Gasteiger partial charge on any atom is 0.250 e. The van der Waals surface area contributed by atoms with Crippen molar-refractivity contribution in [1.82, 2.24) is 4.98 Å². The first-order valence-corrected chi connectivity index (χ1v) is 4.15. The highest BCUT2D eigenvalue weighted by Crippen LogP contribution is 2.12. The Labute approximate surface area is 76.4 Å². The van der Waals surface area contributed by atoms with Crippen molar-refractivity contribution in [2.75, 3.05) is 0 Å². The van der Waals surface area contributed by atoms with Crippen LogP contribution in [0.1, 0.15) is 24.1 Å². The van der Waals surface area contributed by atoms with Gasteiger partial charge in [0.2, 0.25) is 0 Å². The average molecular weight is 182 g/mol. The third-order valence-electron chi connectivity index (χ3n) is 2.02. The van der Waals surface area contributed by atoms with E-state index in [2.05, 4.69) is 4.98 Å². The number of aliphatic hydroxyl groups excluding tert-OH is 1. The molecule has 1 heterocycles. The second-order valence-corrected chi connectivity index (χ2v) is 3.21. The molecule has 72 valence electrons. The Hall–Kier alpha value is -1.13. The minimum Gasteiger partial charge on any atom is -0.391 e. The lowest BCUT2D eigenvalue weighted by Crippen LogP contribution is -2.24. The number of H-pyrrole nitrogens is 1. The zero-order valence-corrected chi connectivity index (χ0v) is 7.74. The van der Waals surface area contributed by atoms with E-state index in [1.54, 1.807) is 19.9 Å². The molecule has 13 heavy (non-hydrogen) atoms. The molecular formula is C9H14N2O2. The van der Waals surface area contributed by atoms with E-state index >= 15 is 0 Å². The Bertz CT molecular complexity index is 344. The van der Waals surface area contributed by atoms with Crippen molar-refractivity contribution in [3.63, 3.8) is 0 Å². The Morgan fingerprint density at radius 3 is 2.69 bits per heavy atom. The van der Waals surface area contributed by atoms with Crippen molar-refractivity contribution in [1.29, 1.82) is 0 Å². The fourth-order valence-corrected chi connectivity index (χ4v) is 1.09. The standard InChI is InChI=1S/C9H14N2O2/c1-5-3-7(4-11-9(5)13)8(10)6(2)12/h3-4,6,8,12H,10H2,1-2H3,(H,11,13)/t6-,8+/m0/s1. The summed E-state index contributed by atoms with van der Waals surface area (Å²) in [6.45, 7) is 3.32. The number of nitrogens with one attached hydrogen (secondary N) is 1. The maximum absolute atomic E-state index is 11.0. The second-order valence-electron chi connectivity index (χ2n) is 3.21. The molecule has 0 saturated heterocycles. The number of hydrogen-bond acceptors (Lipinski definition) is 3. The fourth-order valence-electron chi connectivity index (χ4n) is 1.09. The molecule has 0 saturated carbocycles. The summed E-state index contributed by atoms with van der Waals surface area (Å²) in [6, 6.07) is 1.24. The topological polar surface area (TPSA) is 79.1 Å². The highest BCUT2D eigenvalue weighted by Gasteiger charge is 2.12. The van der Waals surface area contributed by atoms with Gasteiger partial charge in [-0.1, -0.05) is 0 Å². The minimum absolute atomic E-state index is 0.124. The number of hydrogen-bond donors (Lipinski definition) is 3. The van der Waals surface area contributed by atoms with Gasteiger partial charge in [0.25, 0.3) is 5.56 Å². The first-order chi connectivity index (χ1) is 6.02. The van der Waals surface area contributed by atoms with Gasteiger partial charge in [0, 0.05) is 11.8 Å². The molecule has 0 spiro atoms. The summed E-state index contributed by atoms with van der Waals surface area (Å²) in [7, 11) is 0. The molecule has 0 amide bonds. The molecule has 0 aliphatic rings. The van der Waals surface area contributed by atoms with Crippen LogP contribution in [0, 0.1) is 6.92 Å². The average Bonchev–Trinajstić information content (AvgIpc) is 2.08. The van der Waals surface area contributed by atoms with Crippen molar-refractivity contribution in [3.05, 3.63) is 33.7 Å². The van der Waals surface area contributed by atoms with Gasteiger partial charge in [0.15, 0.2) is 0 Å². The maximum atomic E-state index is 11.0. The molecule has 0 fully saturated rings. The Kier molecular flexibility index (Phi) is 2.85. The van der Waals surface area contributed by atoms with Crippen molar-refractivity contribution >= 4 is 0 Å². The lowest BCUT2D eigenvalue weighted by atomic mass is 10.0. The monoisotopic (exact) mass is 182 g/mol. The van der Waals surface area contributed by atoms with E-state index in [9.17, 15) is 9.90 Å². The number of aromatic amines is 1. The molecule has 0 aliphatic carbocycles. The van der Waals surface area contributed by atoms with Crippen molar-refractivity contribution in [2.24, 2.45) is 5.73 Å². The summed E-state index contributed by atoms with van der Waals surface area (Å²) in [5.74, 6) is 0. The molecule has 1 aromatic heterocycles. The highest BCUT2D eigenvalue weighted by atomic mass is 16.3. The van der Waals surface area contributed by atoms with E-state index in [0.717, 1.165) is 5.56 Å². The molecule has 2 atom stereocenters. The van der Waals surface area contributed by atoms with Crippen LogP contribution >= 0.6 is 0 Å². The number of nitrogens with two attached hydrogens (primary N) is 1. The number of aliphatic hydroxyl groups is 1. The molecule has 0 aromatic carbocycles. The van der Waals surface area contributed by atoms with Gasteiger partial charge in [0.1, 0.15) is 0 Å². The van der Waals surface area contributed by atoms with Gasteiger partial charge in [-0.25, -0.2) is 0 Å². The molecule has 0 aliphatic heterocycles. The van der Waals surface area contributed by atoms with Crippen LogP contribution in [-0.4, -0.2) is 16.2 Å². The Morgan fingerprint density at radius 2 is 2.23 bits per heavy atom. The number of aromatic nitrogens is 1. The van der Waals surface area contributed by atoms with Gasteiger partial charge in [-0.05, 0) is 25.5 Å². The van der Waals surface area contributed by atoms with Gasteiger partial charge in [-0.3, -0.25) is 4.79 Å².